The molecule has 0 aliphatic carbocycles. The maximum absolute atomic E-state index is 11.9. The molecule has 4 nitrogen and oxygen atoms in total. The zero-order valence-corrected chi connectivity index (χ0v) is 11.7. The molecular weight excluding hydrogens is 226 g/mol. The number of nitrogens with zero attached hydrogens (tertiary/aromatic N) is 1. The Bertz CT molecular complexity index is 395. The summed E-state index contributed by atoms with van der Waals surface area (Å²) >= 11 is 0. The molecule has 0 saturated heterocycles. The van der Waals surface area contributed by atoms with Crippen LogP contribution in [0.5, 0.6) is 0 Å². The van der Waals surface area contributed by atoms with Crippen molar-refractivity contribution < 1.29 is 4.79 Å². The average Bonchev–Trinajstić information content (AvgIpc) is 2.22. The molecule has 0 aliphatic rings. The second kappa shape index (κ2) is 6.40. The van der Waals surface area contributed by atoms with Gasteiger partial charge in [0, 0.05) is 6.54 Å². The molecule has 1 rings (SSSR count). The summed E-state index contributed by atoms with van der Waals surface area (Å²) in [5, 5.41) is 2.88. The van der Waals surface area contributed by atoms with Gasteiger partial charge in [0.2, 0.25) is 5.91 Å². The fraction of sp³-hybridized carbons (Fsp3) is 0.500. The van der Waals surface area contributed by atoms with Gasteiger partial charge in [0.25, 0.3) is 0 Å². The number of rotatable bonds is 5. The van der Waals surface area contributed by atoms with Crippen molar-refractivity contribution >= 4 is 17.3 Å². The van der Waals surface area contributed by atoms with E-state index in [0.29, 0.717) is 18.2 Å². The fourth-order valence-electron chi connectivity index (χ4n) is 1.97. The highest BCUT2D eigenvalue weighted by Gasteiger charge is 2.10. The van der Waals surface area contributed by atoms with Gasteiger partial charge >= 0.3 is 0 Å². The number of hydrogen-bond acceptors (Lipinski definition) is 3. The molecular formula is C14H23N3O. The molecule has 0 heterocycles. The molecule has 0 aromatic heterocycles. The molecule has 1 aromatic carbocycles. The van der Waals surface area contributed by atoms with Gasteiger partial charge < -0.3 is 11.1 Å². The number of amides is 1. The smallest absolute Gasteiger partial charge is 0.238 e. The van der Waals surface area contributed by atoms with Gasteiger partial charge in [-0.3, -0.25) is 9.69 Å². The number of carbonyl (C=O) groups is 1. The minimum Gasteiger partial charge on any atom is -0.397 e. The lowest BCUT2D eigenvalue weighted by molar-refractivity contribution is -0.117. The van der Waals surface area contributed by atoms with Crippen molar-refractivity contribution in [2.45, 2.75) is 20.8 Å². The van der Waals surface area contributed by atoms with Gasteiger partial charge in [0.05, 0.1) is 17.9 Å². The monoisotopic (exact) mass is 249 g/mol. The minimum absolute atomic E-state index is 0.0286. The van der Waals surface area contributed by atoms with Crippen LogP contribution in [0, 0.1) is 12.8 Å². The Morgan fingerprint density at radius 3 is 2.67 bits per heavy atom. The van der Waals surface area contributed by atoms with Crippen LogP contribution in [-0.4, -0.2) is 30.9 Å². The van der Waals surface area contributed by atoms with E-state index in [1.165, 1.54) is 0 Å². The van der Waals surface area contributed by atoms with Gasteiger partial charge in [0.15, 0.2) is 0 Å². The molecule has 1 aromatic rings. The van der Waals surface area contributed by atoms with Crippen LogP contribution in [0.1, 0.15) is 19.4 Å². The highest BCUT2D eigenvalue weighted by atomic mass is 16.2. The minimum atomic E-state index is -0.0286. The first kappa shape index (κ1) is 14.5. The first-order valence-corrected chi connectivity index (χ1v) is 6.23. The van der Waals surface area contributed by atoms with Crippen LogP contribution in [0.3, 0.4) is 0 Å². The zero-order chi connectivity index (χ0) is 13.7. The number of nitrogens with two attached hydrogens (primary N) is 1. The number of hydrogen-bond donors (Lipinski definition) is 2. The number of nitrogens with one attached hydrogen (secondary N) is 1. The van der Waals surface area contributed by atoms with Gasteiger partial charge in [-0.2, -0.15) is 0 Å². The van der Waals surface area contributed by atoms with Crippen molar-refractivity contribution in [2.24, 2.45) is 5.92 Å². The van der Waals surface area contributed by atoms with Gasteiger partial charge in [-0.25, -0.2) is 0 Å². The van der Waals surface area contributed by atoms with Crippen molar-refractivity contribution in [1.82, 2.24) is 4.90 Å². The molecule has 4 heteroatoms. The van der Waals surface area contributed by atoms with Crippen molar-refractivity contribution in [3.63, 3.8) is 0 Å². The number of carbonyl (C=O) groups excluding carboxylic acids is 1. The van der Waals surface area contributed by atoms with Crippen LogP contribution in [0.25, 0.3) is 0 Å². The van der Waals surface area contributed by atoms with Gasteiger partial charge in [-0.05, 0) is 31.5 Å². The maximum atomic E-state index is 11.9. The Labute approximate surface area is 109 Å². The SMILES string of the molecule is Cc1cccc(N)c1NC(=O)CN(C)CC(C)C. The van der Waals surface area contributed by atoms with Crippen LogP contribution in [0.2, 0.25) is 0 Å². The predicted molar refractivity (Wildman–Crippen MR) is 76.6 cm³/mol. The summed E-state index contributed by atoms with van der Waals surface area (Å²) in [7, 11) is 1.95. The molecule has 0 saturated carbocycles. The van der Waals surface area contributed by atoms with Crippen molar-refractivity contribution in [1.29, 1.82) is 0 Å². The van der Waals surface area contributed by atoms with Gasteiger partial charge in [-0.1, -0.05) is 26.0 Å². The Morgan fingerprint density at radius 2 is 2.11 bits per heavy atom. The number of likely N-dealkylation sites (N-methyl/N-ethyl adjacent to an activating group) is 1. The van der Waals surface area contributed by atoms with E-state index in [9.17, 15) is 4.79 Å². The summed E-state index contributed by atoms with van der Waals surface area (Å²) in [6.45, 7) is 7.48. The van der Waals surface area contributed by atoms with Crippen molar-refractivity contribution in [2.75, 3.05) is 31.2 Å². The van der Waals surface area contributed by atoms with Crippen LogP contribution in [0.4, 0.5) is 11.4 Å². The number of aryl methyl sites for hydroxylation is 1. The Morgan fingerprint density at radius 1 is 1.44 bits per heavy atom. The summed E-state index contributed by atoms with van der Waals surface area (Å²) < 4.78 is 0. The third-order valence-electron chi connectivity index (χ3n) is 2.66. The van der Waals surface area contributed by atoms with E-state index < -0.39 is 0 Å². The van der Waals surface area contributed by atoms with Crippen LogP contribution >= 0.6 is 0 Å². The fourth-order valence-corrected chi connectivity index (χ4v) is 1.97. The average molecular weight is 249 g/mol. The summed E-state index contributed by atoms with van der Waals surface area (Å²) in [6.07, 6.45) is 0. The molecule has 0 radical (unpaired) electrons. The summed E-state index contributed by atoms with van der Waals surface area (Å²) in [5.74, 6) is 0.519. The Hall–Kier alpha value is -1.55. The van der Waals surface area contributed by atoms with E-state index in [1.807, 2.05) is 31.0 Å². The van der Waals surface area contributed by atoms with Gasteiger partial charge in [0.1, 0.15) is 0 Å². The molecule has 0 unspecified atom stereocenters. The molecule has 18 heavy (non-hydrogen) atoms. The Kier molecular flexibility index (Phi) is 5.16. The third kappa shape index (κ3) is 4.37. The summed E-state index contributed by atoms with van der Waals surface area (Å²) in [5.41, 5.74) is 8.16. The lowest BCUT2D eigenvalue weighted by Crippen LogP contribution is -2.32. The molecule has 0 atom stereocenters. The quantitative estimate of drug-likeness (QED) is 0.786. The molecule has 1 amide bonds. The lowest BCUT2D eigenvalue weighted by Gasteiger charge is -2.19. The molecule has 0 aliphatic heterocycles. The van der Waals surface area contributed by atoms with E-state index in [4.69, 9.17) is 5.73 Å². The zero-order valence-electron chi connectivity index (χ0n) is 11.7. The first-order valence-electron chi connectivity index (χ1n) is 6.23. The van der Waals surface area contributed by atoms with Crippen LogP contribution in [0.15, 0.2) is 18.2 Å². The van der Waals surface area contributed by atoms with E-state index in [2.05, 4.69) is 19.2 Å². The summed E-state index contributed by atoms with van der Waals surface area (Å²) in [4.78, 5) is 13.9. The number of nitrogen functional groups attached to an aromatic ring is 1. The normalized spacial score (nSPS) is 11.0. The molecule has 0 spiro atoms. The molecule has 0 fully saturated rings. The molecule has 0 bridgehead atoms. The van der Waals surface area contributed by atoms with E-state index in [0.717, 1.165) is 17.8 Å². The standard InChI is InChI=1S/C14H23N3O/c1-10(2)8-17(4)9-13(18)16-14-11(3)6-5-7-12(14)15/h5-7,10H,8-9,15H2,1-4H3,(H,16,18). The van der Waals surface area contributed by atoms with E-state index in [-0.39, 0.29) is 5.91 Å². The maximum Gasteiger partial charge on any atom is 0.238 e. The van der Waals surface area contributed by atoms with Gasteiger partial charge in [-0.15, -0.1) is 0 Å². The summed E-state index contributed by atoms with van der Waals surface area (Å²) in [6, 6.07) is 5.61. The number of anilines is 2. The largest absolute Gasteiger partial charge is 0.397 e. The van der Waals surface area contributed by atoms with E-state index in [1.54, 1.807) is 6.07 Å². The van der Waals surface area contributed by atoms with E-state index >= 15 is 0 Å². The number of benzene rings is 1. The first-order chi connectivity index (χ1) is 8.40. The second-order valence-electron chi connectivity index (χ2n) is 5.18. The van der Waals surface area contributed by atoms with Crippen LogP contribution < -0.4 is 11.1 Å². The lowest BCUT2D eigenvalue weighted by atomic mass is 10.1. The van der Waals surface area contributed by atoms with Crippen molar-refractivity contribution in [3.8, 4) is 0 Å². The van der Waals surface area contributed by atoms with Crippen LogP contribution in [-0.2, 0) is 4.79 Å². The third-order valence-corrected chi connectivity index (χ3v) is 2.66. The topological polar surface area (TPSA) is 58.4 Å². The van der Waals surface area contributed by atoms with Crippen molar-refractivity contribution in [3.05, 3.63) is 23.8 Å². The second-order valence-corrected chi connectivity index (χ2v) is 5.18. The number of para-hydroxylation sites is 1. The molecule has 100 valence electrons. The highest BCUT2D eigenvalue weighted by Crippen LogP contribution is 2.22. The predicted octanol–water partition coefficient (Wildman–Crippen LogP) is 2.10. The highest BCUT2D eigenvalue weighted by molar-refractivity contribution is 5.96. The Balaban J connectivity index is 2.60. The molecule has 3 N–H and O–H groups in total.